The number of carbonyl (C=O) groups excluding carboxylic acids is 1. The van der Waals surface area contributed by atoms with Gasteiger partial charge in [0.2, 0.25) is 5.91 Å². The van der Waals surface area contributed by atoms with Crippen molar-refractivity contribution in [3.8, 4) is 0 Å². The average molecular weight is 200 g/mol. The van der Waals surface area contributed by atoms with Crippen LogP contribution in [0.5, 0.6) is 0 Å². The molecular formula is C10H20N2O2. The Bertz CT molecular complexity index is 202. The SMILES string of the molecule is CCCC(N)C(=O)NCC1(C)COC1. The number of carbonyl (C=O) groups is 1. The first-order valence-electron chi connectivity index (χ1n) is 5.18. The molecule has 4 nitrogen and oxygen atoms in total. The largest absolute Gasteiger partial charge is 0.380 e. The van der Waals surface area contributed by atoms with Crippen molar-refractivity contribution in [1.82, 2.24) is 5.32 Å². The van der Waals surface area contributed by atoms with Gasteiger partial charge in [0.25, 0.3) is 0 Å². The first-order valence-corrected chi connectivity index (χ1v) is 5.18. The van der Waals surface area contributed by atoms with Crippen LogP contribution in [0, 0.1) is 5.41 Å². The highest BCUT2D eigenvalue weighted by molar-refractivity contribution is 5.81. The first kappa shape index (κ1) is 11.5. The number of rotatable bonds is 5. The maximum Gasteiger partial charge on any atom is 0.236 e. The molecule has 1 fully saturated rings. The van der Waals surface area contributed by atoms with Crippen LogP contribution in [0.2, 0.25) is 0 Å². The third-order valence-corrected chi connectivity index (χ3v) is 2.53. The molecule has 0 aliphatic carbocycles. The standard InChI is InChI=1S/C10H20N2O2/c1-3-4-8(11)9(13)12-5-10(2)6-14-7-10/h8H,3-7,11H2,1-2H3,(H,12,13). The van der Waals surface area contributed by atoms with Gasteiger partial charge in [0.15, 0.2) is 0 Å². The Morgan fingerprint density at radius 3 is 2.71 bits per heavy atom. The Hall–Kier alpha value is -0.610. The molecule has 1 amide bonds. The van der Waals surface area contributed by atoms with Gasteiger partial charge in [-0.2, -0.15) is 0 Å². The Labute approximate surface area is 85.2 Å². The van der Waals surface area contributed by atoms with E-state index >= 15 is 0 Å². The zero-order chi connectivity index (χ0) is 10.6. The second kappa shape index (κ2) is 4.75. The maximum absolute atomic E-state index is 11.4. The van der Waals surface area contributed by atoms with Gasteiger partial charge in [-0.15, -0.1) is 0 Å². The van der Waals surface area contributed by atoms with Crippen molar-refractivity contribution in [2.24, 2.45) is 11.1 Å². The molecule has 0 bridgehead atoms. The Balaban J connectivity index is 2.20. The number of amides is 1. The predicted octanol–water partition coefficient (Wildman–Crippen LogP) is 0.267. The predicted molar refractivity (Wildman–Crippen MR) is 54.8 cm³/mol. The maximum atomic E-state index is 11.4. The summed E-state index contributed by atoms with van der Waals surface area (Å²) in [5, 5.41) is 2.87. The summed E-state index contributed by atoms with van der Waals surface area (Å²) in [6, 6.07) is -0.357. The van der Waals surface area contributed by atoms with Gasteiger partial charge in [-0.3, -0.25) is 4.79 Å². The zero-order valence-corrected chi connectivity index (χ0v) is 9.01. The van der Waals surface area contributed by atoms with E-state index in [-0.39, 0.29) is 17.4 Å². The molecule has 0 aromatic heterocycles. The summed E-state index contributed by atoms with van der Waals surface area (Å²) in [6.07, 6.45) is 1.69. The van der Waals surface area contributed by atoms with Crippen LogP contribution >= 0.6 is 0 Å². The van der Waals surface area contributed by atoms with Gasteiger partial charge >= 0.3 is 0 Å². The molecule has 14 heavy (non-hydrogen) atoms. The summed E-state index contributed by atoms with van der Waals surface area (Å²) in [7, 11) is 0. The molecule has 0 saturated carbocycles. The lowest BCUT2D eigenvalue weighted by Gasteiger charge is -2.38. The lowest BCUT2D eigenvalue weighted by Crippen LogP contribution is -2.51. The summed E-state index contributed by atoms with van der Waals surface area (Å²) < 4.78 is 5.10. The molecule has 1 saturated heterocycles. The third kappa shape index (κ3) is 2.96. The molecule has 1 heterocycles. The van der Waals surface area contributed by atoms with Crippen LogP contribution in [0.3, 0.4) is 0 Å². The highest BCUT2D eigenvalue weighted by Gasteiger charge is 2.33. The van der Waals surface area contributed by atoms with Gasteiger partial charge in [-0.05, 0) is 6.42 Å². The molecule has 1 rings (SSSR count). The van der Waals surface area contributed by atoms with E-state index in [1.54, 1.807) is 0 Å². The fraction of sp³-hybridized carbons (Fsp3) is 0.900. The van der Waals surface area contributed by atoms with Crippen LogP contribution in [0.15, 0.2) is 0 Å². The average Bonchev–Trinajstić information content (AvgIpc) is 2.11. The quantitative estimate of drug-likeness (QED) is 0.669. The lowest BCUT2D eigenvalue weighted by atomic mass is 9.88. The van der Waals surface area contributed by atoms with E-state index < -0.39 is 0 Å². The summed E-state index contributed by atoms with van der Waals surface area (Å²) in [6.45, 7) is 6.26. The van der Waals surface area contributed by atoms with Gasteiger partial charge in [0.05, 0.1) is 19.3 Å². The molecule has 82 valence electrons. The van der Waals surface area contributed by atoms with Gasteiger partial charge in [0.1, 0.15) is 0 Å². The summed E-state index contributed by atoms with van der Waals surface area (Å²) in [4.78, 5) is 11.4. The molecule has 1 aliphatic heterocycles. The summed E-state index contributed by atoms with van der Waals surface area (Å²) >= 11 is 0. The summed E-state index contributed by atoms with van der Waals surface area (Å²) in [5.74, 6) is -0.0417. The fourth-order valence-corrected chi connectivity index (χ4v) is 1.43. The molecule has 3 N–H and O–H groups in total. The minimum atomic E-state index is -0.357. The van der Waals surface area contributed by atoms with Crippen LogP contribution in [0.1, 0.15) is 26.7 Å². The highest BCUT2D eigenvalue weighted by Crippen LogP contribution is 2.24. The van der Waals surface area contributed by atoms with Crippen molar-refractivity contribution in [2.75, 3.05) is 19.8 Å². The van der Waals surface area contributed by atoms with E-state index in [4.69, 9.17) is 10.5 Å². The van der Waals surface area contributed by atoms with Crippen molar-refractivity contribution in [3.63, 3.8) is 0 Å². The highest BCUT2D eigenvalue weighted by atomic mass is 16.5. The van der Waals surface area contributed by atoms with Crippen LogP contribution in [0.4, 0.5) is 0 Å². The number of hydrogen-bond donors (Lipinski definition) is 2. The minimum absolute atomic E-state index is 0.0417. The number of nitrogens with one attached hydrogen (secondary N) is 1. The van der Waals surface area contributed by atoms with Gasteiger partial charge in [0, 0.05) is 12.0 Å². The third-order valence-electron chi connectivity index (χ3n) is 2.53. The van der Waals surface area contributed by atoms with E-state index in [0.717, 1.165) is 26.1 Å². The van der Waals surface area contributed by atoms with Crippen molar-refractivity contribution >= 4 is 5.91 Å². The van der Waals surface area contributed by atoms with Crippen molar-refractivity contribution in [3.05, 3.63) is 0 Å². The monoisotopic (exact) mass is 200 g/mol. The Morgan fingerprint density at radius 2 is 2.29 bits per heavy atom. The molecular weight excluding hydrogens is 180 g/mol. The first-order chi connectivity index (χ1) is 6.57. The minimum Gasteiger partial charge on any atom is -0.380 e. The fourth-order valence-electron chi connectivity index (χ4n) is 1.43. The van der Waals surface area contributed by atoms with Crippen molar-refractivity contribution < 1.29 is 9.53 Å². The molecule has 0 spiro atoms. The number of ether oxygens (including phenoxy) is 1. The van der Waals surface area contributed by atoms with Gasteiger partial charge < -0.3 is 15.8 Å². The molecule has 0 aromatic rings. The smallest absolute Gasteiger partial charge is 0.236 e. The Kier molecular flexibility index (Phi) is 3.89. The van der Waals surface area contributed by atoms with Crippen LogP contribution in [0.25, 0.3) is 0 Å². The number of hydrogen-bond acceptors (Lipinski definition) is 3. The van der Waals surface area contributed by atoms with Gasteiger partial charge in [-0.1, -0.05) is 20.3 Å². The lowest BCUT2D eigenvalue weighted by molar-refractivity contribution is -0.128. The van der Waals surface area contributed by atoms with Gasteiger partial charge in [-0.25, -0.2) is 0 Å². The van der Waals surface area contributed by atoms with Crippen LogP contribution in [-0.4, -0.2) is 31.7 Å². The van der Waals surface area contributed by atoms with Crippen molar-refractivity contribution in [2.45, 2.75) is 32.7 Å². The Morgan fingerprint density at radius 1 is 1.64 bits per heavy atom. The van der Waals surface area contributed by atoms with E-state index in [9.17, 15) is 4.79 Å². The molecule has 1 atom stereocenters. The second-order valence-corrected chi connectivity index (χ2v) is 4.42. The molecule has 4 heteroatoms. The van der Waals surface area contributed by atoms with E-state index in [2.05, 4.69) is 12.2 Å². The van der Waals surface area contributed by atoms with Crippen LogP contribution < -0.4 is 11.1 Å². The van der Waals surface area contributed by atoms with E-state index in [1.807, 2.05) is 6.92 Å². The van der Waals surface area contributed by atoms with Crippen molar-refractivity contribution in [1.29, 1.82) is 0 Å². The zero-order valence-electron chi connectivity index (χ0n) is 9.01. The molecule has 0 aromatic carbocycles. The molecule has 0 radical (unpaired) electrons. The molecule has 1 aliphatic rings. The summed E-state index contributed by atoms with van der Waals surface area (Å²) in [5.41, 5.74) is 5.80. The topological polar surface area (TPSA) is 64.4 Å². The second-order valence-electron chi connectivity index (χ2n) is 4.42. The molecule has 1 unspecified atom stereocenters. The van der Waals surface area contributed by atoms with Crippen LogP contribution in [-0.2, 0) is 9.53 Å². The number of nitrogens with two attached hydrogens (primary N) is 1. The van der Waals surface area contributed by atoms with E-state index in [0.29, 0.717) is 6.54 Å². The normalized spacial score (nSPS) is 21.1. The van der Waals surface area contributed by atoms with E-state index in [1.165, 1.54) is 0 Å².